The van der Waals surface area contributed by atoms with E-state index in [1.165, 1.54) is 11.1 Å². The second kappa shape index (κ2) is 6.86. The van der Waals surface area contributed by atoms with Gasteiger partial charge in [-0.25, -0.2) is 9.97 Å². The highest BCUT2D eigenvalue weighted by Crippen LogP contribution is 2.19. The smallest absolute Gasteiger partial charge is 0.135 e. The van der Waals surface area contributed by atoms with E-state index in [1.807, 2.05) is 6.07 Å². The third kappa shape index (κ3) is 4.20. The summed E-state index contributed by atoms with van der Waals surface area (Å²) in [7, 11) is 1.68. The van der Waals surface area contributed by atoms with E-state index >= 15 is 0 Å². The van der Waals surface area contributed by atoms with Gasteiger partial charge in [-0.15, -0.1) is 0 Å². The molecule has 0 amide bonds. The molecule has 5 heteroatoms. The molecule has 106 valence electrons. The summed E-state index contributed by atoms with van der Waals surface area (Å²) in [4.78, 5) is 8.40. The molecule has 0 atom stereocenters. The van der Waals surface area contributed by atoms with Crippen molar-refractivity contribution >= 4 is 17.3 Å². The number of benzene rings is 1. The lowest BCUT2D eigenvalue weighted by Gasteiger charge is -2.09. The van der Waals surface area contributed by atoms with Crippen LogP contribution in [0.2, 0.25) is 0 Å². The zero-order valence-electron chi connectivity index (χ0n) is 12.1. The van der Waals surface area contributed by atoms with Crippen LogP contribution in [0.4, 0.5) is 17.3 Å². The molecule has 0 saturated heterocycles. The molecule has 1 aromatic carbocycles. The normalized spacial score (nSPS) is 10.3. The Morgan fingerprint density at radius 2 is 1.70 bits per heavy atom. The third-order valence-corrected chi connectivity index (χ3v) is 2.77. The highest BCUT2D eigenvalue weighted by Gasteiger charge is 2.00. The number of nitrogens with one attached hydrogen (secondary N) is 2. The van der Waals surface area contributed by atoms with Crippen LogP contribution in [0.25, 0.3) is 0 Å². The standard InChI is InChI=1S/C15H20N4O/c1-11-6-12(2)8-13(7-11)19-15-9-14(17-10-18-15)16-4-5-20-3/h6-10H,4-5H2,1-3H3,(H2,16,17,18,19). The zero-order valence-corrected chi connectivity index (χ0v) is 12.1. The molecule has 0 saturated carbocycles. The van der Waals surface area contributed by atoms with Crippen LogP contribution in [-0.4, -0.2) is 30.2 Å². The van der Waals surface area contributed by atoms with Gasteiger partial charge in [0.2, 0.25) is 0 Å². The average molecular weight is 272 g/mol. The summed E-state index contributed by atoms with van der Waals surface area (Å²) in [6, 6.07) is 8.20. The fourth-order valence-electron chi connectivity index (χ4n) is 2.00. The van der Waals surface area contributed by atoms with Crippen LogP contribution in [0, 0.1) is 13.8 Å². The molecular formula is C15H20N4O. The van der Waals surface area contributed by atoms with E-state index in [0.29, 0.717) is 6.61 Å². The van der Waals surface area contributed by atoms with Crippen molar-refractivity contribution in [2.24, 2.45) is 0 Å². The van der Waals surface area contributed by atoms with E-state index in [1.54, 1.807) is 13.4 Å². The molecule has 1 aromatic heterocycles. The summed E-state index contributed by atoms with van der Waals surface area (Å²) in [6.07, 6.45) is 1.54. The molecular weight excluding hydrogens is 252 g/mol. The fraction of sp³-hybridized carbons (Fsp3) is 0.333. The Bertz CT molecular complexity index is 551. The number of anilines is 3. The molecule has 0 aliphatic heterocycles. The number of hydrogen-bond acceptors (Lipinski definition) is 5. The summed E-state index contributed by atoms with van der Waals surface area (Å²) in [5.41, 5.74) is 3.48. The Kier molecular flexibility index (Phi) is 4.90. The minimum absolute atomic E-state index is 0.643. The third-order valence-electron chi connectivity index (χ3n) is 2.77. The van der Waals surface area contributed by atoms with Crippen molar-refractivity contribution in [1.29, 1.82) is 0 Å². The van der Waals surface area contributed by atoms with Crippen molar-refractivity contribution in [3.05, 3.63) is 41.7 Å². The molecule has 0 spiro atoms. The number of rotatable bonds is 6. The molecule has 20 heavy (non-hydrogen) atoms. The molecule has 2 aromatic rings. The van der Waals surface area contributed by atoms with Crippen LogP contribution in [0.1, 0.15) is 11.1 Å². The molecule has 1 heterocycles. The van der Waals surface area contributed by atoms with Gasteiger partial charge < -0.3 is 15.4 Å². The maximum Gasteiger partial charge on any atom is 0.135 e. The molecule has 5 nitrogen and oxygen atoms in total. The van der Waals surface area contributed by atoms with Crippen molar-refractivity contribution in [1.82, 2.24) is 9.97 Å². The zero-order chi connectivity index (χ0) is 14.4. The number of hydrogen-bond donors (Lipinski definition) is 2. The van der Waals surface area contributed by atoms with Gasteiger partial charge in [0, 0.05) is 25.4 Å². The topological polar surface area (TPSA) is 59.1 Å². The number of methoxy groups -OCH3 is 1. The quantitative estimate of drug-likeness (QED) is 0.792. The molecule has 0 unspecified atom stereocenters. The highest BCUT2D eigenvalue weighted by atomic mass is 16.5. The van der Waals surface area contributed by atoms with Gasteiger partial charge in [-0.3, -0.25) is 0 Å². The predicted molar refractivity (Wildman–Crippen MR) is 81.6 cm³/mol. The Morgan fingerprint density at radius 1 is 1.00 bits per heavy atom. The van der Waals surface area contributed by atoms with Crippen LogP contribution < -0.4 is 10.6 Å². The van der Waals surface area contributed by atoms with Crippen LogP contribution in [-0.2, 0) is 4.74 Å². The summed E-state index contributed by atoms with van der Waals surface area (Å²) in [5.74, 6) is 1.55. The van der Waals surface area contributed by atoms with Crippen LogP contribution >= 0.6 is 0 Å². The first-order valence-electron chi connectivity index (χ1n) is 6.57. The Balaban J connectivity index is 2.07. The average Bonchev–Trinajstić information content (AvgIpc) is 2.38. The van der Waals surface area contributed by atoms with Gasteiger partial charge >= 0.3 is 0 Å². The van der Waals surface area contributed by atoms with Crippen molar-refractivity contribution in [2.75, 3.05) is 30.9 Å². The predicted octanol–water partition coefficient (Wildman–Crippen LogP) is 2.90. The Labute approximate surface area is 119 Å². The Hall–Kier alpha value is -2.14. The van der Waals surface area contributed by atoms with Crippen molar-refractivity contribution in [3.63, 3.8) is 0 Å². The van der Waals surface area contributed by atoms with E-state index in [0.717, 1.165) is 23.9 Å². The van der Waals surface area contributed by atoms with E-state index < -0.39 is 0 Å². The summed E-state index contributed by atoms with van der Waals surface area (Å²) < 4.78 is 4.99. The van der Waals surface area contributed by atoms with Gasteiger partial charge in [-0.05, 0) is 37.1 Å². The first-order valence-corrected chi connectivity index (χ1v) is 6.57. The van der Waals surface area contributed by atoms with Gasteiger partial charge in [0.1, 0.15) is 18.0 Å². The van der Waals surface area contributed by atoms with Gasteiger partial charge in [0.15, 0.2) is 0 Å². The maximum atomic E-state index is 4.99. The molecule has 0 bridgehead atoms. The van der Waals surface area contributed by atoms with E-state index in [4.69, 9.17) is 4.74 Å². The largest absolute Gasteiger partial charge is 0.383 e. The van der Waals surface area contributed by atoms with Gasteiger partial charge in [0.25, 0.3) is 0 Å². The van der Waals surface area contributed by atoms with Crippen molar-refractivity contribution in [3.8, 4) is 0 Å². The lowest BCUT2D eigenvalue weighted by atomic mass is 10.1. The van der Waals surface area contributed by atoms with E-state index in [9.17, 15) is 0 Å². The van der Waals surface area contributed by atoms with Gasteiger partial charge in [-0.1, -0.05) is 6.07 Å². The molecule has 0 fully saturated rings. The number of nitrogens with zero attached hydrogens (tertiary/aromatic N) is 2. The molecule has 2 N–H and O–H groups in total. The van der Waals surface area contributed by atoms with Crippen molar-refractivity contribution < 1.29 is 4.74 Å². The second-order valence-corrected chi connectivity index (χ2v) is 4.71. The summed E-state index contributed by atoms with van der Waals surface area (Å²) in [6.45, 7) is 5.52. The molecule has 0 aliphatic carbocycles. The first kappa shape index (κ1) is 14.3. The SMILES string of the molecule is COCCNc1cc(Nc2cc(C)cc(C)c2)ncn1. The van der Waals surface area contributed by atoms with E-state index in [2.05, 4.69) is 52.6 Å². The van der Waals surface area contributed by atoms with E-state index in [-0.39, 0.29) is 0 Å². The molecule has 0 radical (unpaired) electrons. The Morgan fingerprint density at radius 3 is 2.40 bits per heavy atom. The van der Waals surface area contributed by atoms with Crippen LogP contribution in [0.15, 0.2) is 30.6 Å². The summed E-state index contributed by atoms with van der Waals surface area (Å²) >= 11 is 0. The second-order valence-electron chi connectivity index (χ2n) is 4.71. The number of aromatic nitrogens is 2. The lowest BCUT2D eigenvalue weighted by Crippen LogP contribution is -2.09. The minimum atomic E-state index is 0.643. The van der Waals surface area contributed by atoms with Crippen molar-refractivity contribution in [2.45, 2.75) is 13.8 Å². The summed E-state index contributed by atoms with van der Waals surface area (Å²) in [5, 5.41) is 6.47. The number of aryl methyl sites for hydroxylation is 2. The molecule has 2 rings (SSSR count). The monoisotopic (exact) mass is 272 g/mol. The lowest BCUT2D eigenvalue weighted by molar-refractivity contribution is 0.210. The number of ether oxygens (including phenoxy) is 1. The van der Waals surface area contributed by atoms with Crippen LogP contribution in [0.3, 0.4) is 0 Å². The minimum Gasteiger partial charge on any atom is -0.383 e. The first-order chi connectivity index (χ1) is 9.67. The van der Waals surface area contributed by atoms with Gasteiger partial charge in [-0.2, -0.15) is 0 Å². The fourth-order valence-corrected chi connectivity index (χ4v) is 2.00. The molecule has 0 aliphatic rings. The van der Waals surface area contributed by atoms with Gasteiger partial charge in [0.05, 0.1) is 6.61 Å². The maximum absolute atomic E-state index is 4.99. The van der Waals surface area contributed by atoms with Crippen LogP contribution in [0.5, 0.6) is 0 Å². The highest BCUT2D eigenvalue weighted by molar-refractivity contribution is 5.60.